The standard InChI is InChI=1S/C13H17Cl2NO/c1-10(2)9-17-6-5-16-8-11-7-12(14)3-4-13(11)15/h3-4,7,16H,1,5-6,8-9H2,2H3. The summed E-state index contributed by atoms with van der Waals surface area (Å²) in [5.74, 6) is 0. The van der Waals surface area contributed by atoms with Crippen molar-refractivity contribution in [2.45, 2.75) is 13.5 Å². The molecule has 0 aliphatic carbocycles. The molecule has 4 heteroatoms. The van der Waals surface area contributed by atoms with E-state index < -0.39 is 0 Å². The van der Waals surface area contributed by atoms with E-state index in [1.54, 1.807) is 12.1 Å². The average molecular weight is 274 g/mol. The van der Waals surface area contributed by atoms with Gasteiger partial charge in [-0.3, -0.25) is 0 Å². The molecule has 0 unspecified atom stereocenters. The summed E-state index contributed by atoms with van der Waals surface area (Å²) in [4.78, 5) is 0. The zero-order chi connectivity index (χ0) is 12.7. The molecule has 0 fully saturated rings. The number of ether oxygens (including phenoxy) is 1. The smallest absolute Gasteiger partial charge is 0.0672 e. The van der Waals surface area contributed by atoms with Crippen molar-refractivity contribution in [2.24, 2.45) is 0 Å². The molecule has 0 atom stereocenters. The molecule has 0 aromatic heterocycles. The monoisotopic (exact) mass is 273 g/mol. The van der Waals surface area contributed by atoms with Crippen molar-refractivity contribution in [3.8, 4) is 0 Å². The van der Waals surface area contributed by atoms with Gasteiger partial charge < -0.3 is 10.1 Å². The van der Waals surface area contributed by atoms with Gasteiger partial charge in [0.1, 0.15) is 0 Å². The van der Waals surface area contributed by atoms with Crippen LogP contribution in [0.5, 0.6) is 0 Å². The molecular weight excluding hydrogens is 257 g/mol. The fourth-order valence-electron chi connectivity index (χ4n) is 1.29. The minimum Gasteiger partial charge on any atom is -0.376 e. The fourth-order valence-corrected chi connectivity index (χ4v) is 1.67. The number of hydrogen-bond donors (Lipinski definition) is 1. The zero-order valence-corrected chi connectivity index (χ0v) is 11.4. The molecule has 0 heterocycles. The highest BCUT2D eigenvalue weighted by atomic mass is 35.5. The van der Waals surface area contributed by atoms with E-state index in [2.05, 4.69) is 11.9 Å². The van der Waals surface area contributed by atoms with Crippen LogP contribution >= 0.6 is 23.2 Å². The third-order valence-corrected chi connectivity index (χ3v) is 2.70. The summed E-state index contributed by atoms with van der Waals surface area (Å²) in [6.07, 6.45) is 0. The van der Waals surface area contributed by atoms with Crippen molar-refractivity contribution in [2.75, 3.05) is 19.8 Å². The lowest BCUT2D eigenvalue weighted by molar-refractivity contribution is 0.158. The van der Waals surface area contributed by atoms with E-state index in [9.17, 15) is 0 Å². The molecule has 0 spiro atoms. The predicted octanol–water partition coefficient (Wildman–Crippen LogP) is 3.68. The van der Waals surface area contributed by atoms with Gasteiger partial charge in [-0.25, -0.2) is 0 Å². The topological polar surface area (TPSA) is 21.3 Å². The quantitative estimate of drug-likeness (QED) is 0.605. The van der Waals surface area contributed by atoms with Gasteiger partial charge in [-0.1, -0.05) is 35.4 Å². The maximum absolute atomic E-state index is 6.04. The van der Waals surface area contributed by atoms with Gasteiger partial charge in [0.05, 0.1) is 13.2 Å². The molecular formula is C13H17Cl2NO. The van der Waals surface area contributed by atoms with Crippen LogP contribution in [-0.2, 0) is 11.3 Å². The van der Waals surface area contributed by atoms with Crippen LogP contribution in [0.25, 0.3) is 0 Å². The SMILES string of the molecule is C=C(C)COCCNCc1cc(Cl)ccc1Cl. The molecule has 1 rings (SSSR count). The Morgan fingerprint density at radius 2 is 2.18 bits per heavy atom. The summed E-state index contributed by atoms with van der Waals surface area (Å²) in [7, 11) is 0. The number of halogens is 2. The van der Waals surface area contributed by atoms with Crippen molar-refractivity contribution in [1.29, 1.82) is 0 Å². The summed E-state index contributed by atoms with van der Waals surface area (Å²) in [6.45, 7) is 8.44. The van der Waals surface area contributed by atoms with Gasteiger partial charge >= 0.3 is 0 Å². The predicted molar refractivity (Wildman–Crippen MR) is 73.8 cm³/mol. The first-order valence-corrected chi connectivity index (χ1v) is 6.22. The molecule has 17 heavy (non-hydrogen) atoms. The van der Waals surface area contributed by atoms with Crippen molar-refractivity contribution >= 4 is 23.2 Å². The van der Waals surface area contributed by atoms with Crippen molar-refractivity contribution in [3.63, 3.8) is 0 Å². The van der Waals surface area contributed by atoms with Gasteiger partial charge in [0, 0.05) is 23.1 Å². The molecule has 0 aliphatic heterocycles. The third kappa shape index (κ3) is 6.08. The molecule has 0 aliphatic rings. The average Bonchev–Trinajstić information content (AvgIpc) is 2.27. The summed E-state index contributed by atoms with van der Waals surface area (Å²) >= 11 is 11.9. The molecule has 0 radical (unpaired) electrons. The Kier molecular flexibility index (Phi) is 6.60. The van der Waals surface area contributed by atoms with Gasteiger partial charge in [0.15, 0.2) is 0 Å². The molecule has 94 valence electrons. The van der Waals surface area contributed by atoms with Crippen LogP contribution < -0.4 is 5.32 Å². The molecule has 1 aromatic carbocycles. The Hall–Kier alpha value is -0.540. The Morgan fingerprint density at radius 1 is 1.41 bits per heavy atom. The first-order chi connectivity index (χ1) is 8.09. The van der Waals surface area contributed by atoms with Gasteiger partial charge in [-0.15, -0.1) is 0 Å². The number of rotatable bonds is 7. The van der Waals surface area contributed by atoms with Crippen LogP contribution in [0, 0.1) is 0 Å². The fraction of sp³-hybridized carbons (Fsp3) is 0.385. The van der Waals surface area contributed by atoms with E-state index in [0.717, 1.165) is 22.7 Å². The van der Waals surface area contributed by atoms with Crippen LogP contribution in [0.1, 0.15) is 12.5 Å². The van der Waals surface area contributed by atoms with Crippen LogP contribution in [0.2, 0.25) is 10.0 Å². The summed E-state index contributed by atoms with van der Waals surface area (Å²) in [5, 5.41) is 4.67. The second-order valence-corrected chi connectivity index (χ2v) is 4.77. The minimum atomic E-state index is 0.611. The van der Waals surface area contributed by atoms with Gasteiger partial charge in [0.2, 0.25) is 0 Å². The van der Waals surface area contributed by atoms with Crippen LogP contribution in [0.15, 0.2) is 30.4 Å². The maximum Gasteiger partial charge on any atom is 0.0672 e. The van der Waals surface area contributed by atoms with Crippen LogP contribution in [0.4, 0.5) is 0 Å². The highest BCUT2D eigenvalue weighted by molar-refractivity contribution is 6.33. The van der Waals surface area contributed by atoms with Crippen molar-refractivity contribution in [3.05, 3.63) is 46.0 Å². The molecule has 0 saturated heterocycles. The summed E-state index contributed by atoms with van der Waals surface area (Å²) < 4.78 is 5.37. The number of nitrogens with one attached hydrogen (secondary N) is 1. The Balaban J connectivity index is 2.22. The number of hydrogen-bond acceptors (Lipinski definition) is 2. The first-order valence-electron chi connectivity index (χ1n) is 5.46. The van der Waals surface area contributed by atoms with E-state index in [4.69, 9.17) is 27.9 Å². The zero-order valence-electron chi connectivity index (χ0n) is 9.93. The van der Waals surface area contributed by atoms with E-state index in [-0.39, 0.29) is 0 Å². The molecule has 2 nitrogen and oxygen atoms in total. The minimum absolute atomic E-state index is 0.611. The normalized spacial score (nSPS) is 10.5. The molecule has 0 amide bonds. The summed E-state index contributed by atoms with van der Waals surface area (Å²) in [5.41, 5.74) is 2.03. The van der Waals surface area contributed by atoms with Gasteiger partial charge in [-0.05, 0) is 30.7 Å². The largest absolute Gasteiger partial charge is 0.376 e. The molecule has 0 bridgehead atoms. The third-order valence-electron chi connectivity index (χ3n) is 2.09. The lowest BCUT2D eigenvalue weighted by atomic mass is 10.2. The van der Waals surface area contributed by atoms with E-state index in [1.165, 1.54) is 0 Å². The van der Waals surface area contributed by atoms with Gasteiger partial charge in [0.25, 0.3) is 0 Å². The van der Waals surface area contributed by atoms with E-state index in [1.807, 2.05) is 13.0 Å². The van der Waals surface area contributed by atoms with Gasteiger partial charge in [-0.2, -0.15) is 0 Å². The molecule has 0 saturated carbocycles. The lowest BCUT2D eigenvalue weighted by Crippen LogP contribution is -2.19. The highest BCUT2D eigenvalue weighted by Gasteiger charge is 2.00. The second kappa shape index (κ2) is 7.72. The highest BCUT2D eigenvalue weighted by Crippen LogP contribution is 2.20. The molecule has 1 N–H and O–H groups in total. The van der Waals surface area contributed by atoms with Crippen molar-refractivity contribution in [1.82, 2.24) is 5.32 Å². The Bertz CT molecular complexity index is 380. The summed E-state index contributed by atoms with van der Waals surface area (Å²) in [6, 6.07) is 5.45. The Morgan fingerprint density at radius 3 is 2.88 bits per heavy atom. The van der Waals surface area contributed by atoms with Crippen LogP contribution in [-0.4, -0.2) is 19.8 Å². The first kappa shape index (κ1) is 14.5. The Labute approximate surface area is 113 Å². The lowest BCUT2D eigenvalue weighted by Gasteiger charge is -2.08. The van der Waals surface area contributed by atoms with E-state index in [0.29, 0.717) is 24.8 Å². The van der Waals surface area contributed by atoms with Crippen LogP contribution in [0.3, 0.4) is 0 Å². The maximum atomic E-state index is 6.04. The van der Waals surface area contributed by atoms with Crippen molar-refractivity contribution < 1.29 is 4.74 Å². The second-order valence-electron chi connectivity index (χ2n) is 3.92. The van der Waals surface area contributed by atoms with E-state index >= 15 is 0 Å². The number of benzene rings is 1. The molecule has 1 aromatic rings.